The third kappa shape index (κ3) is 3.07. The highest BCUT2D eigenvalue weighted by Crippen LogP contribution is 2.24. The van der Waals surface area contributed by atoms with Crippen LogP contribution in [0.1, 0.15) is 17.2 Å². The normalized spacial score (nSPS) is 12.2. The second kappa shape index (κ2) is 6.12. The van der Waals surface area contributed by atoms with Gasteiger partial charge in [-0.2, -0.15) is 0 Å². The quantitative estimate of drug-likeness (QED) is 0.805. The molecule has 0 bridgehead atoms. The number of amides is 1. The van der Waals surface area contributed by atoms with Crippen molar-refractivity contribution >= 4 is 28.3 Å². The molecule has 22 heavy (non-hydrogen) atoms. The lowest BCUT2D eigenvalue weighted by Gasteiger charge is -2.14. The fraction of sp³-hybridized carbons (Fsp3) is 0.118. The van der Waals surface area contributed by atoms with E-state index in [9.17, 15) is 4.79 Å². The Labute approximate surface area is 133 Å². The van der Waals surface area contributed by atoms with Crippen molar-refractivity contribution in [1.82, 2.24) is 9.97 Å². The highest BCUT2D eigenvalue weighted by Gasteiger charge is 2.19. The zero-order chi connectivity index (χ0) is 15.5. The molecule has 4 nitrogen and oxygen atoms in total. The van der Waals surface area contributed by atoms with Gasteiger partial charge < -0.3 is 5.73 Å². The maximum Gasteiger partial charge on any atom is 0.225 e. The molecule has 3 aromatic rings. The van der Waals surface area contributed by atoms with Crippen LogP contribution in [0.3, 0.4) is 0 Å². The number of nitrogens with two attached hydrogens (primary N) is 1. The number of primary amides is 1. The largest absolute Gasteiger partial charge is 0.369 e. The molecule has 1 amide bonds. The molecule has 1 aromatic heterocycles. The average Bonchev–Trinajstić information content (AvgIpc) is 2.53. The summed E-state index contributed by atoms with van der Waals surface area (Å²) in [5.41, 5.74) is 7.14. The van der Waals surface area contributed by atoms with E-state index in [4.69, 9.17) is 17.3 Å². The van der Waals surface area contributed by atoms with Gasteiger partial charge in [-0.25, -0.2) is 4.98 Å². The van der Waals surface area contributed by atoms with E-state index < -0.39 is 5.92 Å². The topological polar surface area (TPSA) is 68.9 Å². The first-order valence-electron chi connectivity index (χ1n) is 6.88. The van der Waals surface area contributed by atoms with Crippen LogP contribution in [0.25, 0.3) is 10.8 Å². The first kappa shape index (κ1) is 14.5. The molecule has 110 valence electrons. The molecule has 3 rings (SSSR count). The maximum absolute atomic E-state index is 11.9. The first-order chi connectivity index (χ1) is 10.6. The molecule has 2 N–H and O–H groups in total. The summed E-state index contributed by atoms with van der Waals surface area (Å²) in [4.78, 5) is 20.0. The van der Waals surface area contributed by atoms with Crippen LogP contribution in [-0.2, 0) is 11.2 Å². The number of aromatic nitrogens is 2. The first-order valence-corrected chi connectivity index (χ1v) is 7.26. The summed E-state index contributed by atoms with van der Waals surface area (Å²) in [5, 5.41) is 2.53. The third-order valence-corrected chi connectivity index (χ3v) is 3.80. The lowest BCUT2D eigenvalue weighted by atomic mass is 9.92. The lowest BCUT2D eigenvalue weighted by Crippen LogP contribution is -2.23. The van der Waals surface area contributed by atoms with Crippen molar-refractivity contribution < 1.29 is 4.79 Å². The van der Waals surface area contributed by atoms with Crippen LogP contribution in [0.5, 0.6) is 0 Å². The maximum atomic E-state index is 11.9. The smallest absolute Gasteiger partial charge is 0.225 e. The van der Waals surface area contributed by atoms with Crippen LogP contribution >= 0.6 is 11.6 Å². The molecule has 0 saturated heterocycles. The zero-order valence-electron chi connectivity index (χ0n) is 11.7. The lowest BCUT2D eigenvalue weighted by molar-refractivity contribution is -0.119. The Morgan fingerprint density at radius 3 is 2.55 bits per heavy atom. The van der Waals surface area contributed by atoms with Crippen molar-refractivity contribution in [2.45, 2.75) is 12.3 Å². The number of carbonyl (C=O) groups is 1. The van der Waals surface area contributed by atoms with Gasteiger partial charge in [0.1, 0.15) is 5.15 Å². The Morgan fingerprint density at radius 2 is 1.86 bits per heavy atom. The fourth-order valence-corrected chi connectivity index (χ4v) is 2.56. The summed E-state index contributed by atoms with van der Waals surface area (Å²) >= 11 is 5.73. The van der Waals surface area contributed by atoms with Gasteiger partial charge in [-0.3, -0.25) is 9.78 Å². The number of benzene rings is 2. The van der Waals surface area contributed by atoms with Gasteiger partial charge in [0.25, 0.3) is 0 Å². The molecule has 0 saturated carbocycles. The molecule has 0 fully saturated rings. The number of hydrogen-bond acceptors (Lipinski definition) is 3. The highest BCUT2D eigenvalue weighted by molar-refractivity contribution is 6.29. The average molecular weight is 312 g/mol. The summed E-state index contributed by atoms with van der Waals surface area (Å²) in [6.45, 7) is 0. The molecule has 0 aliphatic heterocycles. The number of carbonyl (C=O) groups excluding carboxylic acids is 1. The second-order valence-corrected chi connectivity index (χ2v) is 5.48. The molecule has 1 unspecified atom stereocenters. The molecule has 5 heteroatoms. The number of fused-ring (bicyclic) bond motifs is 1. The van der Waals surface area contributed by atoms with Gasteiger partial charge in [0.2, 0.25) is 5.91 Å². The summed E-state index contributed by atoms with van der Waals surface area (Å²) < 4.78 is 0. The Hall–Kier alpha value is -2.46. The second-order valence-electron chi connectivity index (χ2n) is 5.10. The van der Waals surface area contributed by atoms with E-state index in [1.165, 1.54) is 6.20 Å². The van der Waals surface area contributed by atoms with Gasteiger partial charge >= 0.3 is 0 Å². The van der Waals surface area contributed by atoms with Crippen molar-refractivity contribution in [3.8, 4) is 0 Å². The van der Waals surface area contributed by atoms with Gasteiger partial charge in [0, 0.05) is 6.42 Å². The molecular weight excluding hydrogens is 298 g/mol. The molecule has 1 atom stereocenters. The summed E-state index contributed by atoms with van der Waals surface area (Å²) in [6.07, 6.45) is 3.44. The van der Waals surface area contributed by atoms with Crippen LogP contribution < -0.4 is 5.73 Å². The van der Waals surface area contributed by atoms with E-state index in [1.54, 1.807) is 6.20 Å². The van der Waals surface area contributed by atoms with Crippen LogP contribution in [0, 0.1) is 0 Å². The van der Waals surface area contributed by atoms with E-state index >= 15 is 0 Å². The summed E-state index contributed by atoms with van der Waals surface area (Å²) in [7, 11) is 0. The number of hydrogen-bond donors (Lipinski definition) is 1. The monoisotopic (exact) mass is 311 g/mol. The van der Waals surface area contributed by atoms with Crippen LogP contribution in [0.2, 0.25) is 5.15 Å². The zero-order valence-corrected chi connectivity index (χ0v) is 12.5. The Balaban J connectivity index is 1.95. The number of nitrogens with zero attached hydrogens (tertiary/aromatic N) is 2. The SMILES string of the molecule is NC(=O)C(Cc1cnc(Cl)cn1)c1ccc2ccccc2c1. The predicted octanol–water partition coefficient (Wildman–Crippen LogP) is 3.09. The van der Waals surface area contributed by atoms with Gasteiger partial charge in [0.15, 0.2) is 0 Å². The van der Waals surface area contributed by atoms with Crippen LogP contribution in [0.15, 0.2) is 54.9 Å². The summed E-state index contributed by atoms with van der Waals surface area (Å²) in [5.74, 6) is -0.827. The molecular formula is C17H14ClN3O. The fourth-order valence-electron chi connectivity index (χ4n) is 2.46. The molecule has 0 radical (unpaired) electrons. The standard InChI is InChI=1S/C17H14ClN3O/c18-16-10-20-14(9-21-16)8-15(17(19)22)13-6-5-11-3-1-2-4-12(11)7-13/h1-7,9-10,15H,8H2,(H2,19,22). The van der Waals surface area contributed by atoms with Crippen LogP contribution in [-0.4, -0.2) is 15.9 Å². The van der Waals surface area contributed by atoms with Gasteiger partial charge in [0.05, 0.1) is 24.0 Å². The number of halogens is 1. The van der Waals surface area contributed by atoms with Crippen LogP contribution in [0.4, 0.5) is 0 Å². The van der Waals surface area contributed by atoms with Crippen molar-refractivity contribution in [2.75, 3.05) is 0 Å². The third-order valence-electron chi connectivity index (χ3n) is 3.61. The van der Waals surface area contributed by atoms with E-state index in [-0.39, 0.29) is 5.91 Å². The minimum Gasteiger partial charge on any atom is -0.369 e. The van der Waals surface area contributed by atoms with Crippen molar-refractivity contribution in [3.63, 3.8) is 0 Å². The Bertz CT molecular complexity index is 818. The van der Waals surface area contributed by atoms with Crippen molar-refractivity contribution in [3.05, 3.63) is 71.3 Å². The molecule has 0 aliphatic carbocycles. The van der Waals surface area contributed by atoms with Gasteiger partial charge in [-0.15, -0.1) is 0 Å². The Morgan fingerprint density at radius 1 is 1.09 bits per heavy atom. The van der Waals surface area contributed by atoms with E-state index in [1.807, 2.05) is 42.5 Å². The predicted molar refractivity (Wildman–Crippen MR) is 86.6 cm³/mol. The van der Waals surface area contributed by atoms with Crippen molar-refractivity contribution in [1.29, 1.82) is 0 Å². The molecule has 2 aromatic carbocycles. The Kier molecular flexibility index (Phi) is 4.02. The van der Waals surface area contributed by atoms with Gasteiger partial charge in [-0.1, -0.05) is 54.1 Å². The van der Waals surface area contributed by atoms with Gasteiger partial charge in [-0.05, 0) is 16.3 Å². The van der Waals surface area contributed by atoms with E-state index in [2.05, 4.69) is 9.97 Å². The summed E-state index contributed by atoms with van der Waals surface area (Å²) in [6, 6.07) is 13.9. The minimum atomic E-state index is -0.444. The van der Waals surface area contributed by atoms with E-state index in [0.717, 1.165) is 16.3 Å². The molecule has 1 heterocycles. The minimum absolute atomic E-state index is 0.324. The highest BCUT2D eigenvalue weighted by atomic mass is 35.5. The molecule has 0 aliphatic rings. The molecule has 0 spiro atoms. The van der Waals surface area contributed by atoms with Crippen molar-refractivity contribution in [2.24, 2.45) is 5.73 Å². The van der Waals surface area contributed by atoms with E-state index in [0.29, 0.717) is 17.3 Å². The number of rotatable bonds is 4.